The van der Waals surface area contributed by atoms with Crippen LogP contribution in [0, 0.1) is 23.4 Å². The fraction of sp³-hybridized carbons (Fsp3) is 0.455. The van der Waals surface area contributed by atoms with Crippen LogP contribution in [-0.2, 0) is 0 Å². The molecule has 0 aromatic heterocycles. The zero-order chi connectivity index (χ0) is 11.0. The zero-order valence-electron chi connectivity index (χ0n) is 8.55. The first-order valence-corrected chi connectivity index (χ1v) is 4.99. The number of halogens is 4. The van der Waals surface area contributed by atoms with E-state index in [-0.39, 0.29) is 24.4 Å². The van der Waals surface area contributed by atoms with Crippen molar-refractivity contribution in [1.82, 2.24) is 0 Å². The summed E-state index contributed by atoms with van der Waals surface area (Å²) in [5.74, 6) is -3.49. The molecule has 1 aromatic rings. The Labute approximate surface area is 98.2 Å². The van der Waals surface area contributed by atoms with Gasteiger partial charge >= 0.3 is 0 Å². The van der Waals surface area contributed by atoms with Crippen molar-refractivity contribution in [1.29, 1.82) is 0 Å². The molecule has 16 heavy (non-hydrogen) atoms. The Morgan fingerprint density at radius 2 is 1.62 bits per heavy atom. The standard InChI is InChI=1S/C11H12F3N.ClH/c12-8-4-7(5-9(13)10(8)14)11(15)6-2-1-3-6;/h4-6,11H,1-3,15H2;1H/t11-;/m0./s1. The molecule has 1 nitrogen and oxygen atoms in total. The first-order chi connectivity index (χ1) is 7.09. The Kier molecular flexibility index (Phi) is 4.21. The van der Waals surface area contributed by atoms with Crippen LogP contribution in [-0.4, -0.2) is 0 Å². The van der Waals surface area contributed by atoms with Crippen LogP contribution in [0.5, 0.6) is 0 Å². The van der Waals surface area contributed by atoms with Crippen molar-refractivity contribution in [3.8, 4) is 0 Å². The lowest BCUT2D eigenvalue weighted by Gasteiger charge is -2.31. The van der Waals surface area contributed by atoms with E-state index in [1.54, 1.807) is 0 Å². The van der Waals surface area contributed by atoms with Crippen LogP contribution in [0.15, 0.2) is 12.1 Å². The maximum absolute atomic E-state index is 12.9. The van der Waals surface area contributed by atoms with Gasteiger partial charge in [0.15, 0.2) is 17.5 Å². The van der Waals surface area contributed by atoms with Crippen molar-refractivity contribution >= 4 is 12.4 Å². The summed E-state index contributed by atoms with van der Waals surface area (Å²) in [5.41, 5.74) is 6.18. The van der Waals surface area contributed by atoms with E-state index in [4.69, 9.17) is 5.73 Å². The first kappa shape index (κ1) is 13.3. The van der Waals surface area contributed by atoms with Gasteiger partial charge in [-0.25, -0.2) is 13.2 Å². The molecule has 0 spiro atoms. The smallest absolute Gasteiger partial charge is 0.194 e. The monoisotopic (exact) mass is 251 g/mol. The average molecular weight is 252 g/mol. The number of nitrogens with two attached hydrogens (primary N) is 1. The van der Waals surface area contributed by atoms with E-state index in [1.807, 2.05) is 0 Å². The van der Waals surface area contributed by atoms with Gasteiger partial charge in [-0.2, -0.15) is 0 Å². The lowest BCUT2D eigenvalue weighted by atomic mass is 9.77. The normalized spacial score (nSPS) is 17.5. The van der Waals surface area contributed by atoms with Gasteiger partial charge in [-0.3, -0.25) is 0 Å². The van der Waals surface area contributed by atoms with Gasteiger partial charge in [0, 0.05) is 6.04 Å². The van der Waals surface area contributed by atoms with Crippen molar-refractivity contribution in [3.05, 3.63) is 35.1 Å². The maximum atomic E-state index is 12.9. The Morgan fingerprint density at radius 3 is 2.00 bits per heavy atom. The molecular weight excluding hydrogens is 239 g/mol. The SMILES string of the molecule is Cl.N[C@H](c1cc(F)c(F)c(F)c1)C1CCC1. The van der Waals surface area contributed by atoms with E-state index in [2.05, 4.69) is 0 Å². The summed E-state index contributed by atoms with van der Waals surface area (Å²) in [5, 5.41) is 0. The molecule has 90 valence electrons. The molecule has 2 rings (SSSR count). The van der Waals surface area contributed by atoms with Gasteiger partial charge in [0.05, 0.1) is 0 Å². The van der Waals surface area contributed by atoms with E-state index >= 15 is 0 Å². The summed E-state index contributed by atoms with van der Waals surface area (Å²) < 4.78 is 38.5. The number of benzene rings is 1. The molecule has 1 aliphatic carbocycles. The van der Waals surface area contributed by atoms with E-state index in [9.17, 15) is 13.2 Å². The molecule has 0 aliphatic heterocycles. The molecule has 0 bridgehead atoms. The Hall–Kier alpha value is -0.740. The summed E-state index contributed by atoms with van der Waals surface area (Å²) in [4.78, 5) is 0. The quantitative estimate of drug-likeness (QED) is 0.802. The molecule has 0 unspecified atom stereocenters. The van der Waals surface area contributed by atoms with Crippen LogP contribution in [0.4, 0.5) is 13.2 Å². The number of rotatable bonds is 2. The van der Waals surface area contributed by atoms with Gasteiger partial charge in [0.2, 0.25) is 0 Å². The summed E-state index contributed by atoms with van der Waals surface area (Å²) in [6.07, 6.45) is 3.05. The highest BCUT2D eigenvalue weighted by Crippen LogP contribution is 2.36. The molecule has 0 amide bonds. The molecule has 5 heteroatoms. The summed E-state index contributed by atoms with van der Waals surface area (Å²) in [6.45, 7) is 0. The van der Waals surface area contributed by atoms with Crippen molar-refractivity contribution in [3.63, 3.8) is 0 Å². The van der Waals surface area contributed by atoms with Crippen LogP contribution < -0.4 is 5.73 Å². The van der Waals surface area contributed by atoms with E-state index in [0.717, 1.165) is 31.4 Å². The maximum Gasteiger partial charge on any atom is 0.194 e. The van der Waals surface area contributed by atoms with Crippen LogP contribution in [0.1, 0.15) is 30.9 Å². The minimum Gasteiger partial charge on any atom is -0.324 e. The number of hydrogen-bond donors (Lipinski definition) is 1. The summed E-state index contributed by atoms with van der Waals surface area (Å²) in [7, 11) is 0. The van der Waals surface area contributed by atoms with Crippen molar-refractivity contribution in [2.45, 2.75) is 25.3 Å². The molecular formula is C11H13ClF3N. The highest BCUT2D eigenvalue weighted by atomic mass is 35.5. The third-order valence-corrected chi connectivity index (χ3v) is 3.05. The van der Waals surface area contributed by atoms with Crippen LogP contribution in [0.2, 0.25) is 0 Å². The van der Waals surface area contributed by atoms with E-state index < -0.39 is 17.5 Å². The second kappa shape index (κ2) is 5.06. The van der Waals surface area contributed by atoms with Crippen LogP contribution in [0.25, 0.3) is 0 Å². The largest absolute Gasteiger partial charge is 0.324 e. The van der Waals surface area contributed by atoms with Gasteiger partial charge < -0.3 is 5.73 Å². The van der Waals surface area contributed by atoms with Crippen LogP contribution in [0.3, 0.4) is 0 Å². The molecule has 2 N–H and O–H groups in total. The van der Waals surface area contributed by atoms with E-state index in [1.165, 1.54) is 0 Å². The Bertz CT molecular complexity index is 356. The average Bonchev–Trinajstić information content (AvgIpc) is 2.10. The Balaban J connectivity index is 0.00000128. The van der Waals surface area contributed by atoms with Gasteiger partial charge in [-0.1, -0.05) is 6.42 Å². The molecule has 1 fully saturated rings. The van der Waals surface area contributed by atoms with Crippen molar-refractivity contribution in [2.24, 2.45) is 11.7 Å². The van der Waals surface area contributed by atoms with Crippen molar-refractivity contribution in [2.75, 3.05) is 0 Å². The fourth-order valence-electron chi connectivity index (χ4n) is 1.84. The zero-order valence-corrected chi connectivity index (χ0v) is 9.37. The molecule has 1 aliphatic rings. The van der Waals surface area contributed by atoms with Gasteiger partial charge in [-0.15, -0.1) is 12.4 Å². The van der Waals surface area contributed by atoms with Gasteiger partial charge in [0.1, 0.15) is 0 Å². The van der Waals surface area contributed by atoms with Gasteiger partial charge in [-0.05, 0) is 36.5 Å². The third kappa shape index (κ3) is 2.33. The predicted molar refractivity (Wildman–Crippen MR) is 57.8 cm³/mol. The minimum atomic E-state index is -1.43. The second-order valence-corrected chi connectivity index (χ2v) is 4.02. The lowest BCUT2D eigenvalue weighted by molar-refractivity contribution is 0.263. The third-order valence-electron chi connectivity index (χ3n) is 3.05. The number of hydrogen-bond acceptors (Lipinski definition) is 1. The fourth-order valence-corrected chi connectivity index (χ4v) is 1.84. The predicted octanol–water partition coefficient (Wildman–Crippen LogP) is 3.33. The highest BCUT2D eigenvalue weighted by Gasteiger charge is 2.26. The molecule has 1 atom stereocenters. The van der Waals surface area contributed by atoms with Crippen molar-refractivity contribution < 1.29 is 13.2 Å². The second-order valence-electron chi connectivity index (χ2n) is 4.02. The Morgan fingerprint density at radius 1 is 1.12 bits per heavy atom. The van der Waals surface area contributed by atoms with Crippen LogP contribution >= 0.6 is 12.4 Å². The topological polar surface area (TPSA) is 26.0 Å². The van der Waals surface area contributed by atoms with Gasteiger partial charge in [0.25, 0.3) is 0 Å². The first-order valence-electron chi connectivity index (χ1n) is 4.99. The highest BCUT2D eigenvalue weighted by molar-refractivity contribution is 5.85. The molecule has 1 saturated carbocycles. The minimum absolute atomic E-state index is 0. The summed E-state index contributed by atoms with van der Waals surface area (Å²) in [6, 6.07) is 1.59. The molecule has 1 aromatic carbocycles. The molecule has 0 saturated heterocycles. The summed E-state index contributed by atoms with van der Waals surface area (Å²) >= 11 is 0. The molecule has 0 radical (unpaired) electrons. The molecule has 0 heterocycles. The lowest BCUT2D eigenvalue weighted by Crippen LogP contribution is -2.27. The van der Waals surface area contributed by atoms with E-state index in [0.29, 0.717) is 5.56 Å².